The second-order valence-electron chi connectivity index (χ2n) is 8.09. The molecular formula is C20H26N4O2S2. The van der Waals surface area contributed by atoms with E-state index in [0.717, 1.165) is 28.1 Å². The molecule has 2 aromatic heterocycles. The van der Waals surface area contributed by atoms with Crippen LogP contribution in [0.5, 0.6) is 0 Å². The molecule has 2 aromatic rings. The molecule has 0 radical (unpaired) electrons. The number of hydrogen-bond acceptors (Lipinski definition) is 6. The van der Waals surface area contributed by atoms with Crippen molar-refractivity contribution in [1.82, 2.24) is 14.9 Å². The fraction of sp³-hybridized carbons (Fsp3) is 0.600. The maximum Gasteiger partial charge on any atom is 0.263 e. The van der Waals surface area contributed by atoms with Crippen LogP contribution in [-0.2, 0) is 11.3 Å². The van der Waals surface area contributed by atoms with Gasteiger partial charge in [0.2, 0.25) is 5.91 Å². The van der Waals surface area contributed by atoms with Crippen LogP contribution in [0.15, 0.2) is 9.95 Å². The van der Waals surface area contributed by atoms with Crippen LogP contribution in [0.4, 0.5) is 0 Å². The van der Waals surface area contributed by atoms with Gasteiger partial charge in [0.25, 0.3) is 5.56 Å². The van der Waals surface area contributed by atoms with E-state index in [-0.39, 0.29) is 29.1 Å². The molecule has 0 aromatic carbocycles. The van der Waals surface area contributed by atoms with Crippen LogP contribution in [0.1, 0.15) is 44.1 Å². The zero-order valence-corrected chi connectivity index (χ0v) is 18.6. The van der Waals surface area contributed by atoms with Crippen LogP contribution in [-0.4, -0.2) is 26.8 Å². The molecule has 150 valence electrons. The third-order valence-corrected chi connectivity index (χ3v) is 7.24. The number of amides is 1. The van der Waals surface area contributed by atoms with Crippen LogP contribution < -0.4 is 10.9 Å². The number of carbonyl (C=O) groups excluding carboxylic acids is 1. The number of fused-ring (bicyclic) bond motifs is 1. The van der Waals surface area contributed by atoms with Gasteiger partial charge in [-0.15, -0.1) is 11.3 Å². The van der Waals surface area contributed by atoms with E-state index in [0.29, 0.717) is 17.1 Å². The number of aromatic nitrogens is 2. The van der Waals surface area contributed by atoms with Gasteiger partial charge in [-0.05, 0) is 51.0 Å². The van der Waals surface area contributed by atoms with E-state index in [4.69, 9.17) is 4.98 Å². The summed E-state index contributed by atoms with van der Waals surface area (Å²) in [5.41, 5.74) is 0.135. The number of thioether (sulfide) groups is 1. The van der Waals surface area contributed by atoms with Crippen LogP contribution in [0.2, 0.25) is 0 Å². The van der Waals surface area contributed by atoms with E-state index in [2.05, 4.69) is 25.2 Å². The van der Waals surface area contributed by atoms with Crippen molar-refractivity contribution in [3.05, 3.63) is 20.8 Å². The zero-order valence-electron chi connectivity index (χ0n) is 17.0. The number of hydrogen-bond donors (Lipinski definition) is 1. The van der Waals surface area contributed by atoms with Crippen molar-refractivity contribution < 1.29 is 4.79 Å². The summed E-state index contributed by atoms with van der Waals surface area (Å²) in [6, 6.07) is 2.24. The Morgan fingerprint density at radius 1 is 1.46 bits per heavy atom. The molecule has 0 unspecified atom stereocenters. The molecule has 2 heterocycles. The Balaban J connectivity index is 1.86. The van der Waals surface area contributed by atoms with Gasteiger partial charge in [0.05, 0.1) is 17.2 Å². The summed E-state index contributed by atoms with van der Waals surface area (Å²) in [5, 5.41) is 13.5. The molecule has 1 aliphatic carbocycles. The largest absolute Gasteiger partial charge is 0.337 e. The van der Waals surface area contributed by atoms with Gasteiger partial charge in [-0.25, -0.2) is 4.98 Å². The van der Waals surface area contributed by atoms with Gasteiger partial charge in [-0.1, -0.05) is 25.6 Å². The molecule has 0 aliphatic heterocycles. The lowest BCUT2D eigenvalue weighted by Gasteiger charge is -2.22. The van der Waals surface area contributed by atoms with Gasteiger partial charge < -0.3 is 5.32 Å². The molecule has 1 fully saturated rings. The molecule has 1 atom stereocenters. The number of nitriles is 1. The zero-order chi connectivity index (χ0) is 20.6. The van der Waals surface area contributed by atoms with E-state index >= 15 is 0 Å². The Kier molecular flexibility index (Phi) is 5.87. The molecular weight excluding hydrogens is 392 g/mol. The Bertz CT molecular complexity index is 1010. The minimum Gasteiger partial charge on any atom is -0.337 e. The topological polar surface area (TPSA) is 87.8 Å². The summed E-state index contributed by atoms with van der Waals surface area (Å²) in [5.74, 6) is 0.438. The number of rotatable bonds is 7. The molecule has 8 heteroatoms. The summed E-state index contributed by atoms with van der Waals surface area (Å²) < 4.78 is 1.69. The summed E-state index contributed by atoms with van der Waals surface area (Å²) in [6.45, 7) is 10.4. The Hall–Kier alpha value is -1.85. The molecule has 1 amide bonds. The van der Waals surface area contributed by atoms with Gasteiger partial charge in [0.1, 0.15) is 10.4 Å². The predicted molar refractivity (Wildman–Crippen MR) is 114 cm³/mol. The monoisotopic (exact) mass is 418 g/mol. The minimum absolute atomic E-state index is 0.0386. The van der Waals surface area contributed by atoms with Gasteiger partial charge in [0, 0.05) is 11.4 Å². The van der Waals surface area contributed by atoms with Crippen molar-refractivity contribution in [2.75, 3.05) is 5.75 Å². The predicted octanol–water partition coefficient (Wildman–Crippen LogP) is 3.63. The smallest absolute Gasteiger partial charge is 0.263 e. The van der Waals surface area contributed by atoms with E-state index in [9.17, 15) is 14.9 Å². The highest BCUT2D eigenvalue weighted by Crippen LogP contribution is 2.39. The summed E-state index contributed by atoms with van der Waals surface area (Å²) >= 11 is 2.77. The first-order valence-corrected chi connectivity index (χ1v) is 11.3. The van der Waals surface area contributed by atoms with E-state index < -0.39 is 5.54 Å². The Morgan fingerprint density at radius 3 is 2.71 bits per heavy atom. The van der Waals surface area contributed by atoms with Crippen LogP contribution >= 0.6 is 23.1 Å². The lowest BCUT2D eigenvalue weighted by atomic mass is 9.98. The first-order valence-electron chi connectivity index (χ1n) is 9.52. The van der Waals surface area contributed by atoms with Crippen LogP contribution in [0.25, 0.3) is 10.2 Å². The quantitative estimate of drug-likeness (QED) is 0.548. The standard InChI is InChI=1S/C20H26N4O2S2/c1-11(2)8-24-18(26)16-12(3)13(4)28-17(16)22-19(24)27-9-15(25)23-20(5,10-21)14-6-7-14/h11,14H,6-9H2,1-5H3,(H,23,25)/t20-/m1/s1. The number of thiophene rings is 1. The van der Waals surface area contributed by atoms with Crippen LogP contribution in [0.3, 0.4) is 0 Å². The second kappa shape index (κ2) is 7.88. The average molecular weight is 419 g/mol. The lowest BCUT2D eigenvalue weighted by Crippen LogP contribution is -2.47. The Morgan fingerprint density at radius 2 is 2.14 bits per heavy atom. The number of carbonyl (C=O) groups is 1. The average Bonchev–Trinajstić information content (AvgIpc) is 3.43. The first-order chi connectivity index (χ1) is 13.2. The van der Waals surface area contributed by atoms with Gasteiger partial charge >= 0.3 is 0 Å². The third kappa shape index (κ3) is 4.11. The normalized spacial score (nSPS) is 16.2. The first kappa shape index (κ1) is 20.9. The van der Waals surface area contributed by atoms with Crippen molar-refractivity contribution >= 4 is 39.2 Å². The summed E-state index contributed by atoms with van der Waals surface area (Å²) in [6.07, 6.45) is 1.95. The fourth-order valence-electron chi connectivity index (χ4n) is 3.28. The number of nitrogens with one attached hydrogen (secondary N) is 1. The van der Waals surface area contributed by atoms with E-state index in [1.807, 2.05) is 13.8 Å². The molecule has 6 nitrogen and oxygen atoms in total. The SMILES string of the molecule is Cc1sc2nc(SCC(=O)N[C@](C)(C#N)C3CC3)n(CC(C)C)c(=O)c2c1C. The summed E-state index contributed by atoms with van der Waals surface area (Å²) in [7, 11) is 0. The van der Waals surface area contributed by atoms with Crippen molar-refractivity contribution in [3.63, 3.8) is 0 Å². The fourth-order valence-corrected chi connectivity index (χ4v) is 5.16. The number of aryl methyl sites for hydroxylation is 2. The minimum atomic E-state index is -0.811. The van der Waals surface area contributed by atoms with Crippen LogP contribution in [0, 0.1) is 37.0 Å². The van der Waals surface area contributed by atoms with Crippen molar-refractivity contribution in [1.29, 1.82) is 5.26 Å². The van der Waals surface area contributed by atoms with E-state index in [1.54, 1.807) is 11.5 Å². The van der Waals surface area contributed by atoms with Gasteiger partial charge in [-0.3, -0.25) is 14.2 Å². The third-order valence-electron chi connectivity index (χ3n) is 5.16. The molecule has 0 bridgehead atoms. The Labute approximate surface area is 173 Å². The molecule has 3 rings (SSSR count). The lowest BCUT2D eigenvalue weighted by molar-refractivity contribution is -0.119. The molecule has 1 N–H and O–H groups in total. The number of nitrogens with zero attached hydrogens (tertiary/aromatic N) is 3. The highest BCUT2D eigenvalue weighted by molar-refractivity contribution is 7.99. The summed E-state index contributed by atoms with van der Waals surface area (Å²) in [4.78, 5) is 32.1. The van der Waals surface area contributed by atoms with Gasteiger partial charge in [-0.2, -0.15) is 5.26 Å². The molecule has 28 heavy (non-hydrogen) atoms. The van der Waals surface area contributed by atoms with Crippen molar-refractivity contribution in [3.8, 4) is 6.07 Å². The van der Waals surface area contributed by atoms with Crippen molar-refractivity contribution in [2.45, 2.75) is 64.7 Å². The molecule has 1 aliphatic rings. The highest BCUT2D eigenvalue weighted by Gasteiger charge is 2.43. The molecule has 0 spiro atoms. The maximum absolute atomic E-state index is 13.1. The van der Waals surface area contributed by atoms with Crippen molar-refractivity contribution in [2.24, 2.45) is 11.8 Å². The van der Waals surface area contributed by atoms with Gasteiger partial charge in [0.15, 0.2) is 5.16 Å². The van der Waals surface area contributed by atoms with E-state index in [1.165, 1.54) is 23.1 Å². The molecule has 1 saturated carbocycles. The highest BCUT2D eigenvalue weighted by atomic mass is 32.2. The molecule has 0 saturated heterocycles. The maximum atomic E-state index is 13.1. The second-order valence-corrected chi connectivity index (χ2v) is 10.2.